The number of anilines is 1. The maximum Gasteiger partial charge on any atom is 0.336 e. The molecule has 2 unspecified atom stereocenters. The SMILES string of the molecule is Cc1cc(C)c(C(=O)O)cc1NC(=O)C1CC1c1ccc(F)cc1F. The normalized spacial score (nSPS) is 18.7. The number of carbonyl (C=O) groups is 2. The van der Waals surface area contributed by atoms with Crippen molar-refractivity contribution in [2.45, 2.75) is 26.2 Å². The largest absolute Gasteiger partial charge is 0.478 e. The molecule has 1 saturated carbocycles. The Morgan fingerprint density at radius 2 is 1.84 bits per heavy atom. The highest BCUT2D eigenvalue weighted by atomic mass is 19.1. The summed E-state index contributed by atoms with van der Waals surface area (Å²) in [4.78, 5) is 23.6. The smallest absolute Gasteiger partial charge is 0.336 e. The highest BCUT2D eigenvalue weighted by Gasteiger charge is 2.45. The van der Waals surface area contributed by atoms with E-state index in [2.05, 4.69) is 5.32 Å². The topological polar surface area (TPSA) is 66.4 Å². The number of benzene rings is 2. The minimum Gasteiger partial charge on any atom is -0.478 e. The molecule has 2 aromatic carbocycles. The van der Waals surface area contributed by atoms with Gasteiger partial charge in [-0.3, -0.25) is 4.79 Å². The number of hydrogen-bond donors (Lipinski definition) is 2. The molecule has 0 saturated heterocycles. The van der Waals surface area contributed by atoms with Crippen LogP contribution in [0.15, 0.2) is 30.3 Å². The van der Waals surface area contributed by atoms with Gasteiger partial charge in [-0.15, -0.1) is 0 Å². The fourth-order valence-electron chi connectivity index (χ4n) is 3.07. The zero-order chi connectivity index (χ0) is 18.3. The lowest BCUT2D eigenvalue weighted by Crippen LogP contribution is -2.16. The average Bonchev–Trinajstić information content (AvgIpc) is 3.30. The second kappa shape index (κ2) is 6.27. The first-order valence-electron chi connectivity index (χ1n) is 7.88. The third-order valence-electron chi connectivity index (χ3n) is 4.55. The van der Waals surface area contributed by atoms with E-state index in [1.165, 1.54) is 18.2 Å². The van der Waals surface area contributed by atoms with Crippen LogP contribution >= 0.6 is 0 Å². The number of nitrogens with one attached hydrogen (secondary N) is 1. The molecule has 0 spiro atoms. The highest BCUT2D eigenvalue weighted by Crippen LogP contribution is 2.49. The van der Waals surface area contributed by atoms with E-state index >= 15 is 0 Å². The lowest BCUT2D eigenvalue weighted by Gasteiger charge is -2.11. The van der Waals surface area contributed by atoms with Crippen molar-refractivity contribution in [2.24, 2.45) is 5.92 Å². The molecule has 0 heterocycles. The molecule has 2 aromatic rings. The molecule has 25 heavy (non-hydrogen) atoms. The third-order valence-corrected chi connectivity index (χ3v) is 4.55. The van der Waals surface area contributed by atoms with Crippen LogP contribution in [-0.4, -0.2) is 17.0 Å². The molecule has 3 rings (SSSR count). The van der Waals surface area contributed by atoms with Gasteiger partial charge in [0.1, 0.15) is 11.6 Å². The molecular weight excluding hydrogens is 328 g/mol. The van der Waals surface area contributed by atoms with Crippen molar-refractivity contribution in [3.05, 3.63) is 64.2 Å². The summed E-state index contributed by atoms with van der Waals surface area (Å²) < 4.78 is 26.8. The summed E-state index contributed by atoms with van der Waals surface area (Å²) in [7, 11) is 0. The summed E-state index contributed by atoms with van der Waals surface area (Å²) >= 11 is 0. The molecule has 2 atom stereocenters. The van der Waals surface area contributed by atoms with E-state index in [0.717, 1.165) is 11.6 Å². The number of carboxylic acids is 1. The Bertz CT molecular complexity index is 879. The standard InChI is InChI=1S/C19H17F2NO3/c1-9-5-10(2)17(8-13(9)19(24)25)22-18(23)15-7-14(15)12-4-3-11(20)6-16(12)21/h3-6,8,14-15H,7H2,1-2H3,(H,22,23)(H,24,25). The van der Waals surface area contributed by atoms with Crippen LogP contribution < -0.4 is 5.32 Å². The molecule has 1 aliphatic rings. The molecule has 130 valence electrons. The molecule has 0 aliphatic heterocycles. The minimum absolute atomic E-state index is 0.123. The molecule has 6 heteroatoms. The van der Waals surface area contributed by atoms with Crippen molar-refractivity contribution >= 4 is 17.6 Å². The number of carboxylic acid groups (broad SMARTS) is 1. The zero-order valence-corrected chi connectivity index (χ0v) is 13.8. The van der Waals surface area contributed by atoms with Crippen LogP contribution in [0.25, 0.3) is 0 Å². The first-order chi connectivity index (χ1) is 11.8. The Kier molecular flexibility index (Phi) is 4.29. The lowest BCUT2D eigenvalue weighted by atomic mass is 10.0. The Balaban J connectivity index is 1.76. The van der Waals surface area contributed by atoms with E-state index in [1.807, 2.05) is 0 Å². The number of hydrogen-bond acceptors (Lipinski definition) is 2. The van der Waals surface area contributed by atoms with Gasteiger partial charge in [0, 0.05) is 17.7 Å². The van der Waals surface area contributed by atoms with Crippen molar-refractivity contribution in [3.63, 3.8) is 0 Å². The van der Waals surface area contributed by atoms with Crippen LogP contribution in [0.2, 0.25) is 0 Å². The van der Waals surface area contributed by atoms with E-state index in [1.54, 1.807) is 19.9 Å². The van der Waals surface area contributed by atoms with Crippen molar-refractivity contribution in [1.29, 1.82) is 0 Å². The molecule has 1 amide bonds. The molecule has 0 aromatic heterocycles. The van der Waals surface area contributed by atoms with E-state index in [0.29, 0.717) is 23.2 Å². The number of amides is 1. The maximum absolute atomic E-state index is 13.8. The summed E-state index contributed by atoms with van der Waals surface area (Å²) in [5.41, 5.74) is 2.24. The van der Waals surface area contributed by atoms with Gasteiger partial charge in [0.05, 0.1) is 5.56 Å². The van der Waals surface area contributed by atoms with Crippen molar-refractivity contribution in [3.8, 4) is 0 Å². The molecule has 0 bridgehead atoms. The Morgan fingerprint density at radius 3 is 2.48 bits per heavy atom. The van der Waals surface area contributed by atoms with E-state index in [-0.39, 0.29) is 17.4 Å². The van der Waals surface area contributed by atoms with E-state index < -0.39 is 23.5 Å². The van der Waals surface area contributed by atoms with Gasteiger partial charge in [-0.2, -0.15) is 0 Å². The predicted octanol–water partition coefficient (Wildman–Crippen LogP) is 4.02. The van der Waals surface area contributed by atoms with Crippen molar-refractivity contribution in [2.75, 3.05) is 5.32 Å². The van der Waals surface area contributed by atoms with Gasteiger partial charge < -0.3 is 10.4 Å². The quantitative estimate of drug-likeness (QED) is 0.879. The number of carbonyl (C=O) groups excluding carboxylic acids is 1. The minimum atomic E-state index is -1.06. The first-order valence-corrected chi connectivity index (χ1v) is 7.88. The lowest BCUT2D eigenvalue weighted by molar-refractivity contribution is -0.117. The summed E-state index contributed by atoms with van der Waals surface area (Å²) in [6.07, 6.45) is 0.477. The van der Waals surface area contributed by atoms with Crippen LogP contribution in [0.4, 0.5) is 14.5 Å². The highest BCUT2D eigenvalue weighted by molar-refractivity contribution is 5.98. The molecule has 1 fully saturated rings. The monoisotopic (exact) mass is 345 g/mol. The van der Waals surface area contributed by atoms with Crippen molar-refractivity contribution in [1.82, 2.24) is 0 Å². The van der Waals surface area contributed by atoms with E-state index in [9.17, 15) is 23.5 Å². The van der Waals surface area contributed by atoms with Gasteiger partial charge in [0.15, 0.2) is 0 Å². The van der Waals surface area contributed by atoms with Gasteiger partial charge in [-0.25, -0.2) is 13.6 Å². The second-order valence-electron chi connectivity index (χ2n) is 6.39. The summed E-state index contributed by atoms with van der Waals surface area (Å²) in [5, 5.41) is 11.9. The Labute approximate surface area is 143 Å². The second-order valence-corrected chi connectivity index (χ2v) is 6.39. The van der Waals surface area contributed by atoms with Gasteiger partial charge in [-0.05, 0) is 55.0 Å². The zero-order valence-electron chi connectivity index (χ0n) is 13.8. The van der Waals surface area contributed by atoms with Gasteiger partial charge in [-0.1, -0.05) is 12.1 Å². The van der Waals surface area contributed by atoms with Gasteiger partial charge in [0.25, 0.3) is 0 Å². The number of halogens is 2. The number of aryl methyl sites for hydroxylation is 2. The summed E-state index contributed by atoms with van der Waals surface area (Å²) in [6.45, 7) is 3.47. The number of rotatable bonds is 4. The molecule has 4 nitrogen and oxygen atoms in total. The van der Waals surface area contributed by atoms with Crippen LogP contribution in [0.1, 0.15) is 39.4 Å². The van der Waals surface area contributed by atoms with Crippen LogP contribution in [0.3, 0.4) is 0 Å². The maximum atomic E-state index is 13.8. The Morgan fingerprint density at radius 1 is 1.12 bits per heavy atom. The van der Waals surface area contributed by atoms with Crippen molar-refractivity contribution < 1.29 is 23.5 Å². The average molecular weight is 345 g/mol. The molecular formula is C19H17F2NO3. The fraction of sp³-hybridized carbons (Fsp3) is 0.263. The van der Waals surface area contributed by atoms with Gasteiger partial charge in [0.2, 0.25) is 5.91 Å². The fourth-order valence-corrected chi connectivity index (χ4v) is 3.07. The summed E-state index contributed by atoms with van der Waals surface area (Å²) in [6, 6.07) is 6.48. The summed E-state index contributed by atoms with van der Waals surface area (Å²) in [5.74, 6) is -3.36. The van der Waals surface area contributed by atoms with Crippen LogP contribution in [-0.2, 0) is 4.79 Å². The molecule has 1 aliphatic carbocycles. The first kappa shape index (κ1) is 17.1. The predicted molar refractivity (Wildman–Crippen MR) is 88.7 cm³/mol. The Hall–Kier alpha value is -2.76. The molecule has 0 radical (unpaired) electrons. The van der Waals surface area contributed by atoms with Gasteiger partial charge >= 0.3 is 5.97 Å². The van der Waals surface area contributed by atoms with Crippen LogP contribution in [0.5, 0.6) is 0 Å². The number of aromatic carboxylic acids is 1. The molecule has 2 N–H and O–H groups in total. The van der Waals surface area contributed by atoms with E-state index in [4.69, 9.17) is 0 Å². The van der Waals surface area contributed by atoms with Crippen LogP contribution in [0, 0.1) is 31.4 Å². The third kappa shape index (κ3) is 3.38.